The Balaban J connectivity index is 1.38. The van der Waals surface area contributed by atoms with Crippen molar-refractivity contribution in [3.05, 3.63) is 82.7 Å². The summed E-state index contributed by atoms with van der Waals surface area (Å²) in [5, 5.41) is 14.5. The molecule has 0 bridgehead atoms. The van der Waals surface area contributed by atoms with Crippen LogP contribution in [0, 0.1) is 6.92 Å². The van der Waals surface area contributed by atoms with Crippen LogP contribution in [0.5, 0.6) is 0 Å². The van der Waals surface area contributed by atoms with Crippen molar-refractivity contribution in [1.29, 1.82) is 0 Å². The van der Waals surface area contributed by atoms with Crippen molar-refractivity contribution in [1.82, 2.24) is 14.7 Å². The molecule has 2 aliphatic rings. The minimum absolute atomic E-state index is 0.0338. The first-order valence-electron chi connectivity index (χ1n) is 10.3. The Labute approximate surface area is 170 Å². The van der Waals surface area contributed by atoms with Crippen LogP contribution in [0.4, 0.5) is 0 Å². The van der Waals surface area contributed by atoms with Crippen LogP contribution < -0.4 is 0 Å². The largest absolute Gasteiger partial charge is 0.391 e. The predicted octanol–water partition coefficient (Wildman–Crippen LogP) is 3.64. The van der Waals surface area contributed by atoms with Crippen LogP contribution in [-0.2, 0) is 13.0 Å². The molecular formula is C24H25N3O2. The molecular weight excluding hydrogens is 362 g/mol. The smallest absolute Gasteiger partial charge is 0.254 e. The van der Waals surface area contributed by atoms with Gasteiger partial charge in [0.25, 0.3) is 5.91 Å². The van der Waals surface area contributed by atoms with Crippen LogP contribution in [0.15, 0.2) is 54.9 Å². The first-order valence-corrected chi connectivity index (χ1v) is 10.3. The van der Waals surface area contributed by atoms with Crippen LogP contribution in [0.1, 0.15) is 51.9 Å². The van der Waals surface area contributed by atoms with Gasteiger partial charge in [-0.3, -0.25) is 4.79 Å². The lowest BCUT2D eigenvalue weighted by molar-refractivity contribution is 0.0479. The number of aliphatic hydroxyl groups excluding tert-OH is 1. The Kier molecular flexibility index (Phi) is 4.47. The minimum atomic E-state index is -0.387. The second-order valence-corrected chi connectivity index (χ2v) is 8.23. The predicted molar refractivity (Wildman–Crippen MR) is 111 cm³/mol. The van der Waals surface area contributed by atoms with Crippen LogP contribution in [0.2, 0.25) is 0 Å². The summed E-state index contributed by atoms with van der Waals surface area (Å²) in [4.78, 5) is 14.9. The molecule has 2 aromatic carbocycles. The zero-order valence-corrected chi connectivity index (χ0v) is 16.6. The van der Waals surface area contributed by atoms with Gasteiger partial charge in [-0.1, -0.05) is 18.2 Å². The molecule has 5 nitrogen and oxygen atoms in total. The Bertz CT molecular complexity index is 1040. The number of hydrogen-bond donors (Lipinski definition) is 1. The zero-order chi connectivity index (χ0) is 20.0. The number of aryl methyl sites for hydroxylation is 1. The summed E-state index contributed by atoms with van der Waals surface area (Å²) in [6.45, 7) is 2.74. The molecule has 0 spiro atoms. The first-order chi connectivity index (χ1) is 14.1. The number of carbonyl (C=O) groups excluding carboxylic acids is 1. The van der Waals surface area contributed by atoms with E-state index < -0.39 is 0 Å². The number of carbonyl (C=O) groups is 1. The molecule has 29 heavy (non-hydrogen) atoms. The SMILES string of the molecule is Cc1cc2c(cc1Cc1ccc(-n3cccn3)cc1)C(=O)N(C1CCCC1O)C2. The second kappa shape index (κ2) is 7.16. The van der Waals surface area contributed by atoms with Gasteiger partial charge in [0.1, 0.15) is 0 Å². The van der Waals surface area contributed by atoms with E-state index in [4.69, 9.17) is 0 Å². The third-order valence-electron chi connectivity index (χ3n) is 6.34. The second-order valence-electron chi connectivity index (χ2n) is 8.23. The van der Waals surface area contributed by atoms with Crippen molar-refractivity contribution in [3.63, 3.8) is 0 Å². The van der Waals surface area contributed by atoms with Crippen LogP contribution in [-0.4, -0.2) is 37.8 Å². The summed E-state index contributed by atoms with van der Waals surface area (Å²) < 4.78 is 1.84. The maximum atomic E-state index is 13.0. The molecule has 1 aromatic heterocycles. The number of fused-ring (bicyclic) bond motifs is 1. The fourth-order valence-electron chi connectivity index (χ4n) is 4.70. The Morgan fingerprint density at radius 3 is 2.69 bits per heavy atom. The van der Waals surface area contributed by atoms with Crippen molar-refractivity contribution in [2.24, 2.45) is 0 Å². The summed E-state index contributed by atoms with van der Waals surface area (Å²) in [5.74, 6) is 0.0706. The molecule has 2 unspecified atom stereocenters. The zero-order valence-electron chi connectivity index (χ0n) is 16.6. The maximum Gasteiger partial charge on any atom is 0.254 e. The molecule has 1 fully saturated rings. The van der Waals surface area contributed by atoms with E-state index in [1.165, 1.54) is 16.7 Å². The van der Waals surface area contributed by atoms with E-state index in [-0.39, 0.29) is 18.1 Å². The fraction of sp³-hybridized carbons (Fsp3) is 0.333. The molecule has 1 N–H and O–H groups in total. The highest BCUT2D eigenvalue weighted by molar-refractivity contribution is 5.99. The van der Waals surface area contributed by atoms with Crippen molar-refractivity contribution < 1.29 is 9.90 Å². The lowest BCUT2D eigenvalue weighted by atomic mass is 9.95. The van der Waals surface area contributed by atoms with Gasteiger partial charge in [-0.05, 0) is 79.1 Å². The average molecular weight is 387 g/mol. The van der Waals surface area contributed by atoms with Crippen molar-refractivity contribution in [3.8, 4) is 5.69 Å². The van der Waals surface area contributed by atoms with E-state index in [2.05, 4.69) is 48.4 Å². The summed E-state index contributed by atoms with van der Waals surface area (Å²) >= 11 is 0. The van der Waals surface area contributed by atoms with Gasteiger partial charge in [-0.2, -0.15) is 5.10 Å². The van der Waals surface area contributed by atoms with Crippen LogP contribution in [0.3, 0.4) is 0 Å². The standard InChI is InChI=1S/C24H25N3O2/c1-16-12-19-15-26(22-4-2-5-23(22)28)24(29)21(19)14-18(16)13-17-6-8-20(9-7-17)27-11-3-10-25-27/h3,6-12,14,22-23,28H,2,4-5,13,15H2,1H3. The lowest BCUT2D eigenvalue weighted by Gasteiger charge is -2.26. The summed E-state index contributed by atoms with van der Waals surface area (Å²) in [7, 11) is 0. The van der Waals surface area contributed by atoms with E-state index >= 15 is 0 Å². The molecule has 1 amide bonds. The molecule has 148 valence electrons. The molecule has 5 heteroatoms. The highest BCUT2D eigenvalue weighted by atomic mass is 16.3. The van der Waals surface area contributed by atoms with Gasteiger partial charge < -0.3 is 10.0 Å². The van der Waals surface area contributed by atoms with Gasteiger partial charge >= 0.3 is 0 Å². The Hall–Kier alpha value is -2.92. The number of aliphatic hydroxyl groups is 1. The van der Waals surface area contributed by atoms with Gasteiger partial charge in [-0.25, -0.2) is 4.68 Å². The molecule has 1 aliphatic heterocycles. The van der Waals surface area contributed by atoms with Gasteiger partial charge in [0.05, 0.1) is 17.8 Å². The molecule has 5 rings (SSSR count). The van der Waals surface area contributed by atoms with Gasteiger partial charge in [-0.15, -0.1) is 0 Å². The highest BCUT2D eigenvalue weighted by Gasteiger charge is 2.38. The monoisotopic (exact) mass is 387 g/mol. The number of benzene rings is 2. The van der Waals surface area contributed by atoms with Gasteiger partial charge in [0.15, 0.2) is 0 Å². The van der Waals surface area contributed by atoms with E-state index in [0.717, 1.165) is 42.5 Å². The average Bonchev–Trinajstić information content (AvgIpc) is 3.45. The summed E-state index contributed by atoms with van der Waals surface area (Å²) in [6.07, 6.45) is 6.79. The minimum Gasteiger partial charge on any atom is -0.391 e. The summed E-state index contributed by atoms with van der Waals surface area (Å²) in [5.41, 5.74) is 6.52. The van der Waals surface area contributed by atoms with E-state index in [9.17, 15) is 9.90 Å². The van der Waals surface area contributed by atoms with Crippen molar-refractivity contribution >= 4 is 5.91 Å². The van der Waals surface area contributed by atoms with E-state index in [1.54, 1.807) is 6.20 Å². The third-order valence-corrected chi connectivity index (χ3v) is 6.34. The summed E-state index contributed by atoms with van der Waals surface area (Å²) in [6, 6.07) is 14.5. The number of aromatic nitrogens is 2. The molecule has 2 atom stereocenters. The van der Waals surface area contributed by atoms with E-state index in [0.29, 0.717) is 6.54 Å². The number of hydrogen-bond acceptors (Lipinski definition) is 3. The molecule has 1 aliphatic carbocycles. The Morgan fingerprint density at radius 1 is 1.17 bits per heavy atom. The normalized spacial score (nSPS) is 21.0. The fourth-order valence-corrected chi connectivity index (χ4v) is 4.70. The molecule has 0 saturated heterocycles. The number of nitrogens with zero attached hydrogens (tertiary/aromatic N) is 3. The molecule has 3 aromatic rings. The van der Waals surface area contributed by atoms with E-state index in [1.807, 2.05) is 21.8 Å². The molecule has 1 saturated carbocycles. The number of rotatable bonds is 4. The lowest BCUT2D eigenvalue weighted by Crippen LogP contribution is -2.40. The van der Waals surface area contributed by atoms with Crippen LogP contribution >= 0.6 is 0 Å². The third kappa shape index (κ3) is 3.25. The quantitative estimate of drug-likeness (QED) is 0.744. The number of amides is 1. The highest BCUT2D eigenvalue weighted by Crippen LogP contribution is 2.33. The Morgan fingerprint density at radius 2 is 2.00 bits per heavy atom. The van der Waals surface area contributed by atoms with Crippen molar-refractivity contribution in [2.75, 3.05) is 0 Å². The van der Waals surface area contributed by atoms with Gasteiger partial charge in [0.2, 0.25) is 0 Å². The van der Waals surface area contributed by atoms with Crippen molar-refractivity contribution in [2.45, 2.75) is 51.3 Å². The topological polar surface area (TPSA) is 58.4 Å². The van der Waals surface area contributed by atoms with Crippen LogP contribution in [0.25, 0.3) is 5.69 Å². The molecule has 0 radical (unpaired) electrons. The molecule has 2 heterocycles. The van der Waals surface area contributed by atoms with Gasteiger partial charge in [0, 0.05) is 24.5 Å². The maximum absolute atomic E-state index is 13.0. The first kappa shape index (κ1) is 18.1.